The average molecular weight is 441 g/mol. The van der Waals surface area contributed by atoms with Gasteiger partial charge in [0.05, 0.1) is 19.8 Å². The predicted octanol–water partition coefficient (Wildman–Crippen LogP) is 3.03. The molecular weight excluding hydrogens is 408 g/mol. The van der Waals surface area contributed by atoms with E-state index in [0.717, 1.165) is 56.9 Å². The molecule has 0 bridgehead atoms. The predicted molar refractivity (Wildman–Crippen MR) is 122 cm³/mol. The van der Waals surface area contributed by atoms with Crippen LogP contribution in [0.15, 0.2) is 48.5 Å². The second-order valence-corrected chi connectivity index (χ2v) is 7.79. The Labute approximate surface area is 189 Å². The average Bonchev–Trinajstić information content (AvgIpc) is 3.08. The van der Waals surface area contributed by atoms with Crippen molar-refractivity contribution in [1.82, 2.24) is 9.80 Å². The van der Waals surface area contributed by atoms with Crippen molar-refractivity contribution >= 4 is 11.9 Å². The summed E-state index contributed by atoms with van der Waals surface area (Å²) in [7, 11) is 3.01. The molecule has 7 nitrogen and oxygen atoms in total. The standard InChI is InChI=1S/C25H32N2O5/c1-30-22-10-7-20(8-11-22)9-12-24(28)27-14-4-13-26(15-16-27)17-18-32-23-6-3-5-21(19-23)25(29)31-2/h3,5-8,10-11,19H,4,9,12-18H2,1-2H3. The van der Waals surface area contributed by atoms with Crippen LogP contribution in [-0.2, 0) is 16.0 Å². The van der Waals surface area contributed by atoms with Crippen LogP contribution in [0.1, 0.15) is 28.8 Å². The molecule has 1 amide bonds. The first kappa shape index (κ1) is 23.6. The van der Waals surface area contributed by atoms with Crippen molar-refractivity contribution in [1.29, 1.82) is 0 Å². The number of rotatable bonds is 9. The number of nitrogens with zero attached hydrogens (tertiary/aromatic N) is 2. The molecule has 0 saturated carbocycles. The van der Waals surface area contributed by atoms with E-state index in [1.807, 2.05) is 35.2 Å². The normalized spacial score (nSPS) is 14.5. The fourth-order valence-corrected chi connectivity index (χ4v) is 3.77. The third-order valence-corrected chi connectivity index (χ3v) is 5.66. The molecule has 0 aromatic heterocycles. The molecule has 1 heterocycles. The number of carbonyl (C=O) groups is 2. The number of carbonyl (C=O) groups excluding carboxylic acids is 2. The van der Waals surface area contributed by atoms with Gasteiger partial charge in [0.15, 0.2) is 0 Å². The molecule has 2 aromatic rings. The van der Waals surface area contributed by atoms with Crippen LogP contribution in [0, 0.1) is 0 Å². The Hall–Kier alpha value is -3.06. The zero-order chi connectivity index (χ0) is 22.8. The summed E-state index contributed by atoms with van der Waals surface area (Å²) in [5.41, 5.74) is 1.62. The second-order valence-electron chi connectivity index (χ2n) is 7.79. The van der Waals surface area contributed by atoms with Crippen LogP contribution in [0.25, 0.3) is 0 Å². The van der Waals surface area contributed by atoms with Crippen LogP contribution in [-0.4, -0.2) is 75.2 Å². The van der Waals surface area contributed by atoms with Gasteiger partial charge in [0.2, 0.25) is 5.91 Å². The van der Waals surface area contributed by atoms with E-state index < -0.39 is 0 Å². The Bertz CT molecular complexity index is 884. The lowest BCUT2D eigenvalue weighted by atomic mass is 10.1. The molecule has 0 radical (unpaired) electrons. The highest BCUT2D eigenvalue weighted by atomic mass is 16.5. The number of benzene rings is 2. The molecule has 172 valence electrons. The maximum Gasteiger partial charge on any atom is 0.337 e. The molecular formula is C25H32N2O5. The molecule has 1 fully saturated rings. The van der Waals surface area contributed by atoms with E-state index >= 15 is 0 Å². The number of amides is 1. The summed E-state index contributed by atoms with van der Waals surface area (Å²) in [6.45, 7) is 4.60. The zero-order valence-corrected chi connectivity index (χ0v) is 18.9. The van der Waals surface area contributed by atoms with Crippen molar-refractivity contribution in [3.05, 3.63) is 59.7 Å². The van der Waals surface area contributed by atoms with Crippen LogP contribution in [0.4, 0.5) is 0 Å². The third kappa shape index (κ3) is 6.99. The molecule has 2 aromatic carbocycles. The lowest BCUT2D eigenvalue weighted by Crippen LogP contribution is -2.36. The molecule has 0 aliphatic carbocycles. The van der Waals surface area contributed by atoms with Gasteiger partial charge in [-0.15, -0.1) is 0 Å². The van der Waals surface area contributed by atoms with Crippen LogP contribution in [0.3, 0.4) is 0 Å². The summed E-state index contributed by atoms with van der Waals surface area (Å²) in [5.74, 6) is 1.31. The van der Waals surface area contributed by atoms with Crippen molar-refractivity contribution in [2.45, 2.75) is 19.3 Å². The molecule has 1 saturated heterocycles. The lowest BCUT2D eigenvalue weighted by Gasteiger charge is -2.22. The van der Waals surface area contributed by atoms with Gasteiger partial charge >= 0.3 is 5.97 Å². The Kier molecular flexibility index (Phi) is 8.92. The van der Waals surface area contributed by atoms with E-state index in [-0.39, 0.29) is 11.9 Å². The van der Waals surface area contributed by atoms with Gasteiger partial charge in [-0.3, -0.25) is 9.69 Å². The fourth-order valence-electron chi connectivity index (χ4n) is 3.77. The Balaban J connectivity index is 1.39. The van der Waals surface area contributed by atoms with Gasteiger partial charge in [-0.05, 0) is 48.7 Å². The molecule has 0 spiro atoms. The van der Waals surface area contributed by atoms with Crippen molar-refractivity contribution < 1.29 is 23.8 Å². The third-order valence-electron chi connectivity index (χ3n) is 5.66. The van der Waals surface area contributed by atoms with Crippen molar-refractivity contribution in [3.8, 4) is 11.5 Å². The van der Waals surface area contributed by atoms with Crippen molar-refractivity contribution in [2.24, 2.45) is 0 Å². The smallest absolute Gasteiger partial charge is 0.337 e. The van der Waals surface area contributed by atoms with E-state index in [2.05, 4.69) is 4.90 Å². The van der Waals surface area contributed by atoms with Crippen LogP contribution in [0.5, 0.6) is 11.5 Å². The van der Waals surface area contributed by atoms with Gasteiger partial charge in [-0.1, -0.05) is 18.2 Å². The van der Waals surface area contributed by atoms with Crippen molar-refractivity contribution in [2.75, 3.05) is 53.6 Å². The monoisotopic (exact) mass is 440 g/mol. The summed E-state index contributed by atoms with van der Waals surface area (Å²) in [6, 6.07) is 14.9. The van der Waals surface area contributed by atoms with E-state index in [9.17, 15) is 9.59 Å². The van der Waals surface area contributed by atoms with Gasteiger partial charge in [0, 0.05) is 39.1 Å². The summed E-state index contributed by atoms with van der Waals surface area (Å²) >= 11 is 0. The Morgan fingerprint density at radius 3 is 2.50 bits per heavy atom. The van der Waals surface area contributed by atoms with Gasteiger partial charge < -0.3 is 19.1 Å². The maximum absolute atomic E-state index is 12.7. The zero-order valence-electron chi connectivity index (χ0n) is 18.9. The molecule has 0 unspecified atom stereocenters. The Morgan fingerprint density at radius 2 is 1.75 bits per heavy atom. The molecule has 1 aliphatic heterocycles. The number of ether oxygens (including phenoxy) is 3. The first-order valence-electron chi connectivity index (χ1n) is 11.0. The van der Waals surface area contributed by atoms with Crippen LogP contribution < -0.4 is 9.47 Å². The lowest BCUT2D eigenvalue weighted by molar-refractivity contribution is -0.131. The molecule has 3 rings (SSSR count). The first-order valence-corrected chi connectivity index (χ1v) is 11.0. The molecule has 0 atom stereocenters. The largest absolute Gasteiger partial charge is 0.497 e. The summed E-state index contributed by atoms with van der Waals surface area (Å²) in [4.78, 5) is 28.6. The quantitative estimate of drug-likeness (QED) is 0.559. The molecule has 0 N–H and O–H groups in total. The van der Waals surface area contributed by atoms with E-state index in [4.69, 9.17) is 14.2 Å². The highest BCUT2D eigenvalue weighted by Crippen LogP contribution is 2.15. The van der Waals surface area contributed by atoms with E-state index in [0.29, 0.717) is 24.3 Å². The van der Waals surface area contributed by atoms with Crippen LogP contribution >= 0.6 is 0 Å². The number of hydrogen-bond acceptors (Lipinski definition) is 6. The first-order chi connectivity index (χ1) is 15.6. The highest BCUT2D eigenvalue weighted by molar-refractivity contribution is 5.89. The number of aryl methyl sites for hydroxylation is 1. The minimum atomic E-state index is -0.375. The fraction of sp³-hybridized carbons (Fsp3) is 0.440. The summed E-state index contributed by atoms with van der Waals surface area (Å²) in [5, 5.41) is 0. The minimum absolute atomic E-state index is 0.207. The minimum Gasteiger partial charge on any atom is -0.497 e. The van der Waals surface area contributed by atoms with Gasteiger partial charge in [0.25, 0.3) is 0 Å². The van der Waals surface area contributed by atoms with Crippen LogP contribution in [0.2, 0.25) is 0 Å². The van der Waals surface area contributed by atoms with Gasteiger partial charge in [-0.25, -0.2) is 4.79 Å². The number of methoxy groups -OCH3 is 2. The molecule has 1 aliphatic rings. The Morgan fingerprint density at radius 1 is 0.938 bits per heavy atom. The van der Waals surface area contributed by atoms with Gasteiger partial charge in [-0.2, -0.15) is 0 Å². The molecule has 32 heavy (non-hydrogen) atoms. The molecule has 7 heteroatoms. The van der Waals surface area contributed by atoms with E-state index in [1.54, 1.807) is 25.3 Å². The van der Waals surface area contributed by atoms with Gasteiger partial charge in [0.1, 0.15) is 18.1 Å². The summed E-state index contributed by atoms with van der Waals surface area (Å²) in [6.07, 6.45) is 2.21. The SMILES string of the molecule is COC(=O)c1cccc(OCCN2CCCN(C(=O)CCc3ccc(OC)cc3)CC2)c1. The topological polar surface area (TPSA) is 68.3 Å². The number of esters is 1. The second kappa shape index (κ2) is 12.1. The maximum atomic E-state index is 12.7. The van der Waals surface area contributed by atoms with Crippen molar-refractivity contribution in [3.63, 3.8) is 0 Å². The van der Waals surface area contributed by atoms with E-state index in [1.165, 1.54) is 7.11 Å². The highest BCUT2D eigenvalue weighted by Gasteiger charge is 2.19. The number of hydrogen-bond donors (Lipinski definition) is 0. The summed E-state index contributed by atoms with van der Waals surface area (Å²) < 4.78 is 15.7.